The van der Waals surface area contributed by atoms with Crippen molar-refractivity contribution in [1.82, 2.24) is 4.98 Å². The molecule has 0 radical (unpaired) electrons. The smallest absolute Gasteiger partial charge is 0.295 e. The lowest BCUT2D eigenvalue weighted by Crippen LogP contribution is -2.05. The van der Waals surface area contributed by atoms with Crippen LogP contribution in [0.4, 0.5) is 0 Å². The zero-order chi connectivity index (χ0) is 13.0. The van der Waals surface area contributed by atoms with Crippen LogP contribution in [-0.2, 0) is 16.3 Å². The first kappa shape index (κ1) is 13.1. The van der Waals surface area contributed by atoms with Crippen molar-refractivity contribution in [2.45, 2.75) is 26.6 Å². The number of aryl methyl sites for hydroxylation is 1. The first-order valence-corrected chi connectivity index (χ1v) is 5.26. The van der Waals surface area contributed by atoms with Crippen molar-refractivity contribution >= 4 is 11.3 Å². The Hall–Kier alpha value is -1.97. The molecular weight excluding hydrogens is 254 g/mol. The number of hydrogen-bond donors (Lipinski definition) is 0. The first-order valence-electron chi connectivity index (χ1n) is 4.44. The van der Waals surface area contributed by atoms with Crippen molar-refractivity contribution in [2.24, 2.45) is 0 Å². The maximum atomic E-state index is 10.1. The van der Waals surface area contributed by atoms with Gasteiger partial charge in [0, 0.05) is 0 Å². The Kier molecular flexibility index (Phi) is 4.15. The highest BCUT2D eigenvalue weighted by Gasteiger charge is 2.17. The van der Waals surface area contributed by atoms with Gasteiger partial charge in [-0.25, -0.2) is 4.98 Å². The molecule has 1 atom stereocenters. The predicted molar refractivity (Wildman–Crippen MR) is 55.1 cm³/mol. The minimum absolute atomic E-state index is 0.221. The fourth-order valence-electron chi connectivity index (χ4n) is 1.04. The van der Waals surface area contributed by atoms with Gasteiger partial charge in [0.1, 0.15) is 11.6 Å². The molecule has 0 aliphatic heterocycles. The van der Waals surface area contributed by atoms with Crippen molar-refractivity contribution in [3.8, 4) is 0 Å². The Morgan fingerprint density at radius 1 is 1.41 bits per heavy atom. The van der Waals surface area contributed by atoms with Crippen LogP contribution in [0.25, 0.3) is 0 Å². The maximum absolute atomic E-state index is 10.1. The summed E-state index contributed by atoms with van der Waals surface area (Å²) >= 11 is 1.08. The summed E-state index contributed by atoms with van der Waals surface area (Å²) in [6.07, 6.45) is -0.807. The second kappa shape index (κ2) is 5.39. The summed E-state index contributed by atoms with van der Waals surface area (Å²) < 4.78 is 0. The fourth-order valence-corrected chi connectivity index (χ4v) is 1.99. The minimum atomic E-state index is -0.908. The Morgan fingerprint density at radius 3 is 2.59 bits per heavy atom. The summed E-state index contributed by atoms with van der Waals surface area (Å²) in [4.78, 5) is 33.3. The average Bonchev–Trinajstić information content (AvgIpc) is 2.56. The summed E-state index contributed by atoms with van der Waals surface area (Å²) in [5.74, 6) is 0. The number of thiazole rings is 1. The Bertz CT molecular complexity index is 433. The maximum Gasteiger partial charge on any atom is 0.295 e. The van der Waals surface area contributed by atoms with Crippen molar-refractivity contribution in [1.29, 1.82) is 0 Å². The molecule has 17 heavy (non-hydrogen) atoms. The van der Waals surface area contributed by atoms with Gasteiger partial charge in [-0.1, -0.05) is 0 Å². The number of hydrogen-bond acceptors (Lipinski definition) is 8. The second-order valence-electron chi connectivity index (χ2n) is 3.03. The van der Waals surface area contributed by atoms with Crippen LogP contribution in [0, 0.1) is 27.2 Å². The molecule has 0 aromatic carbocycles. The van der Waals surface area contributed by atoms with E-state index in [1.54, 1.807) is 6.92 Å². The fraction of sp³-hybridized carbons (Fsp3) is 0.571. The number of rotatable bonds is 6. The molecule has 0 saturated heterocycles. The summed E-state index contributed by atoms with van der Waals surface area (Å²) in [5.41, 5.74) is 0.533. The standard InChI is InChI=1S/C7H9N3O6S/c1-4-6(3-15-9(11)12)17-7(8-4)5(2)16-10(13)14/h5H,3H2,1-2H3. The normalized spacial score (nSPS) is 11.9. The van der Waals surface area contributed by atoms with Crippen LogP contribution >= 0.6 is 11.3 Å². The third-order valence-electron chi connectivity index (χ3n) is 1.80. The van der Waals surface area contributed by atoms with Crippen LogP contribution < -0.4 is 0 Å². The van der Waals surface area contributed by atoms with Crippen LogP contribution in [0.3, 0.4) is 0 Å². The molecule has 0 saturated carbocycles. The Balaban J connectivity index is 2.73. The average molecular weight is 263 g/mol. The van der Waals surface area contributed by atoms with E-state index < -0.39 is 16.3 Å². The first-order chi connectivity index (χ1) is 7.90. The Morgan fingerprint density at radius 2 is 2.06 bits per heavy atom. The monoisotopic (exact) mass is 263 g/mol. The highest BCUT2D eigenvalue weighted by atomic mass is 32.1. The van der Waals surface area contributed by atoms with Crippen LogP contribution in [-0.4, -0.2) is 15.2 Å². The lowest BCUT2D eigenvalue weighted by Gasteiger charge is -2.03. The molecule has 0 N–H and O–H groups in total. The molecule has 1 rings (SSSR count). The number of nitrogens with zero attached hydrogens (tertiary/aromatic N) is 3. The van der Waals surface area contributed by atoms with Crippen molar-refractivity contribution in [3.05, 3.63) is 35.8 Å². The summed E-state index contributed by atoms with van der Waals surface area (Å²) in [6, 6.07) is 0. The number of aromatic nitrogens is 1. The van der Waals surface area contributed by atoms with Crippen LogP contribution in [0.1, 0.15) is 28.6 Å². The van der Waals surface area contributed by atoms with Gasteiger partial charge < -0.3 is 9.68 Å². The SMILES string of the molecule is Cc1nc(C(C)O[N+](=O)[O-])sc1CO[N+](=O)[O-]. The zero-order valence-corrected chi connectivity index (χ0v) is 9.80. The van der Waals surface area contributed by atoms with Crippen LogP contribution in [0.2, 0.25) is 0 Å². The van der Waals surface area contributed by atoms with Gasteiger partial charge in [-0.3, -0.25) is 0 Å². The lowest BCUT2D eigenvalue weighted by atomic mass is 10.4. The molecule has 0 aliphatic rings. The molecule has 94 valence electrons. The highest BCUT2D eigenvalue weighted by molar-refractivity contribution is 7.11. The Labute approximate surface area is 99.2 Å². The summed E-state index contributed by atoms with van der Waals surface area (Å²) in [7, 11) is 0. The third-order valence-corrected chi connectivity index (χ3v) is 3.09. The zero-order valence-electron chi connectivity index (χ0n) is 8.98. The van der Waals surface area contributed by atoms with E-state index in [-0.39, 0.29) is 6.61 Å². The molecular formula is C7H9N3O6S. The van der Waals surface area contributed by atoms with Gasteiger partial charge in [0.05, 0.1) is 10.6 Å². The van der Waals surface area contributed by atoms with E-state index >= 15 is 0 Å². The molecule has 0 amide bonds. The molecule has 0 fully saturated rings. The molecule has 1 aromatic heterocycles. The van der Waals surface area contributed by atoms with Gasteiger partial charge in [0.15, 0.2) is 6.10 Å². The molecule has 9 nitrogen and oxygen atoms in total. The quantitative estimate of drug-likeness (QED) is 0.562. The van der Waals surface area contributed by atoms with E-state index in [1.807, 2.05) is 0 Å². The van der Waals surface area contributed by atoms with E-state index in [2.05, 4.69) is 14.7 Å². The van der Waals surface area contributed by atoms with E-state index in [1.165, 1.54) is 6.92 Å². The highest BCUT2D eigenvalue weighted by Crippen LogP contribution is 2.26. The van der Waals surface area contributed by atoms with Gasteiger partial charge in [0.25, 0.3) is 10.2 Å². The second-order valence-corrected chi connectivity index (χ2v) is 4.14. The predicted octanol–water partition coefficient (Wildman–Crippen LogP) is 1.43. The molecule has 0 bridgehead atoms. The van der Waals surface area contributed by atoms with E-state index in [9.17, 15) is 20.2 Å². The van der Waals surface area contributed by atoms with Crippen molar-refractivity contribution < 1.29 is 19.8 Å². The molecule has 1 aromatic rings. The van der Waals surface area contributed by atoms with Gasteiger partial charge in [-0.15, -0.1) is 31.6 Å². The summed E-state index contributed by atoms with van der Waals surface area (Å²) in [6.45, 7) is 2.89. The summed E-state index contributed by atoms with van der Waals surface area (Å²) in [5, 5.41) is 18.7. The largest absolute Gasteiger partial charge is 0.308 e. The van der Waals surface area contributed by atoms with Gasteiger partial charge >= 0.3 is 0 Å². The molecule has 0 spiro atoms. The molecule has 0 aliphatic carbocycles. The van der Waals surface area contributed by atoms with Crippen molar-refractivity contribution in [2.75, 3.05) is 0 Å². The molecule has 10 heteroatoms. The van der Waals surface area contributed by atoms with E-state index in [0.717, 1.165) is 11.3 Å². The molecule has 1 unspecified atom stereocenters. The van der Waals surface area contributed by atoms with Gasteiger partial charge in [-0.05, 0) is 13.8 Å². The van der Waals surface area contributed by atoms with Crippen LogP contribution in [0.15, 0.2) is 0 Å². The molecule has 1 heterocycles. The van der Waals surface area contributed by atoms with E-state index in [4.69, 9.17) is 0 Å². The lowest BCUT2D eigenvalue weighted by molar-refractivity contribution is -0.770. The van der Waals surface area contributed by atoms with Crippen LogP contribution in [0.5, 0.6) is 0 Å². The van der Waals surface area contributed by atoms with Crippen molar-refractivity contribution in [3.63, 3.8) is 0 Å². The topological polar surface area (TPSA) is 118 Å². The third kappa shape index (κ3) is 3.83. The minimum Gasteiger partial charge on any atom is -0.308 e. The van der Waals surface area contributed by atoms with Gasteiger partial charge in [0.2, 0.25) is 0 Å². The van der Waals surface area contributed by atoms with E-state index in [0.29, 0.717) is 15.6 Å². The van der Waals surface area contributed by atoms with Gasteiger partial charge in [-0.2, -0.15) is 0 Å².